The van der Waals surface area contributed by atoms with Gasteiger partial charge in [-0.25, -0.2) is 9.97 Å². The van der Waals surface area contributed by atoms with Crippen molar-refractivity contribution in [1.82, 2.24) is 19.7 Å². The number of benzene rings is 3. The Bertz CT molecular complexity index is 1590. The van der Waals surface area contributed by atoms with E-state index in [1.807, 2.05) is 84.9 Å². The monoisotopic (exact) mass is 485 g/mol. The zero-order valence-electron chi connectivity index (χ0n) is 20.1. The van der Waals surface area contributed by atoms with Gasteiger partial charge in [-0.2, -0.15) is 9.78 Å². The first-order chi connectivity index (χ1) is 18.2. The van der Waals surface area contributed by atoms with Crippen LogP contribution in [-0.4, -0.2) is 32.8 Å². The number of anilines is 1. The number of fused-ring (bicyclic) bond motifs is 1. The van der Waals surface area contributed by atoms with Gasteiger partial charge in [0.2, 0.25) is 5.95 Å². The summed E-state index contributed by atoms with van der Waals surface area (Å²) in [5.41, 5.74) is 6.44. The summed E-state index contributed by atoms with van der Waals surface area (Å²) in [7, 11) is 1.62. The van der Waals surface area contributed by atoms with Crippen molar-refractivity contribution in [2.45, 2.75) is 6.42 Å². The molecule has 0 saturated heterocycles. The number of nitrogens with one attached hydrogen (secondary N) is 1. The van der Waals surface area contributed by atoms with Gasteiger partial charge in [0, 0.05) is 35.6 Å². The number of aromatic nitrogens is 4. The van der Waals surface area contributed by atoms with E-state index in [1.165, 1.54) is 0 Å². The van der Waals surface area contributed by atoms with Gasteiger partial charge in [0.15, 0.2) is 0 Å². The summed E-state index contributed by atoms with van der Waals surface area (Å²) < 4.78 is 6.87. The highest BCUT2D eigenvalue weighted by molar-refractivity contribution is 6.23. The van der Waals surface area contributed by atoms with Gasteiger partial charge in [-0.1, -0.05) is 72.8 Å². The molecule has 180 valence electrons. The Hall–Kier alpha value is -5.04. The molecule has 0 unspecified atom stereocenters. The first-order valence-electron chi connectivity index (χ1n) is 11.9. The summed E-state index contributed by atoms with van der Waals surface area (Å²) in [6.45, 7) is 0. The quantitative estimate of drug-likeness (QED) is 0.331. The van der Waals surface area contributed by atoms with Crippen LogP contribution >= 0.6 is 0 Å². The molecule has 0 radical (unpaired) electrons. The number of hydrogen-bond donors (Lipinski definition) is 1. The Morgan fingerprint density at radius 3 is 2.08 bits per heavy atom. The lowest BCUT2D eigenvalue weighted by Gasteiger charge is -2.22. The van der Waals surface area contributed by atoms with Gasteiger partial charge >= 0.3 is 0 Å². The number of allylic oxidation sites excluding steroid dienone is 2. The molecule has 0 aliphatic carbocycles. The van der Waals surface area contributed by atoms with Crippen LogP contribution in [0, 0.1) is 0 Å². The van der Waals surface area contributed by atoms with Crippen molar-refractivity contribution in [2.75, 3.05) is 12.4 Å². The minimum atomic E-state index is -0.218. The van der Waals surface area contributed by atoms with E-state index in [-0.39, 0.29) is 5.91 Å². The third kappa shape index (κ3) is 4.16. The first kappa shape index (κ1) is 22.4. The maximum atomic E-state index is 14.1. The van der Waals surface area contributed by atoms with Gasteiger partial charge in [0.25, 0.3) is 5.91 Å². The molecule has 7 heteroatoms. The van der Waals surface area contributed by atoms with Gasteiger partial charge in [-0.05, 0) is 29.3 Å². The van der Waals surface area contributed by atoms with Crippen molar-refractivity contribution in [3.8, 4) is 28.1 Å². The van der Waals surface area contributed by atoms with E-state index in [4.69, 9.17) is 9.84 Å². The van der Waals surface area contributed by atoms with Gasteiger partial charge in [0.1, 0.15) is 11.4 Å². The highest BCUT2D eigenvalue weighted by Gasteiger charge is 2.33. The van der Waals surface area contributed by atoms with Crippen molar-refractivity contribution >= 4 is 17.4 Å². The number of carbonyl (C=O) groups is 1. The Morgan fingerprint density at radius 2 is 1.43 bits per heavy atom. The maximum absolute atomic E-state index is 14.1. The molecule has 0 saturated carbocycles. The molecule has 37 heavy (non-hydrogen) atoms. The molecule has 0 atom stereocenters. The number of rotatable bonds is 6. The lowest BCUT2D eigenvalue weighted by atomic mass is 9.92. The molecule has 1 N–H and O–H groups in total. The summed E-state index contributed by atoms with van der Waals surface area (Å²) in [5.74, 6) is 0.920. The Labute approximate surface area is 214 Å². The minimum Gasteiger partial charge on any atom is -0.497 e. The summed E-state index contributed by atoms with van der Waals surface area (Å²) in [4.78, 5) is 22.8. The molecule has 0 spiro atoms. The molecule has 7 nitrogen and oxygen atoms in total. The molecule has 0 fully saturated rings. The first-order valence-corrected chi connectivity index (χ1v) is 11.9. The van der Waals surface area contributed by atoms with Crippen LogP contribution in [0.5, 0.6) is 5.75 Å². The summed E-state index contributed by atoms with van der Waals surface area (Å²) in [5, 5.41) is 8.20. The van der Waals surface area contributed by atoms with Crippen LogP contribution in [-0.2, 0) is 6.42 Å². The summed E-state index contributed by atoms with van der Waals surface area (Å²) >= 11 is 0. The molecule has 6 rings (SSSR count). The second-order valence-corrected chi connectivity index (χ2v) is 8.58. The van der Waals surface area contributed by atoms with Crippen LogP contribution in [0.15, 0.2) is 109 Å². The van der Waals surface area contributed by atoms with Crippen molar-refractivity contribution < 1.29 is 9.53 Å². The molecular weight excluding hydrogens is 462 g/mol. The van der Waals surface area contributed by atoms with Crippen LogP contribution < -0.4 is 10.1 Å². The highest BCUT2D eigenvalue weighted by atomic mass is 16.5. The van der Waals surface area contributed by atoms with Crippen molar-refractivity contribution in [1.29, 1.82) is 0 Å². The third-order valence-electron chi connectivity index (χ3n) is 6.35. The molecule has 1 aliphatic rings. The van der Waals surface area contributed by atoms with Crippen LogP contribution in [0.3, 0.4) is 0 Å². The lowest BCUT2D eigenvalue weighted by Crippen LogP contribution is -2.27. The smallest absolute Gasteiger partial charge is 0.280 e. The largest absolute Gasteiger partial charge is 0.497 e. The van der Waals surface area contributed by atoms with Gasteiger partial charge in [0.05, 0.1) is 18.4 Å². The van der Waals surface area contributed by atoms with E-state index in [1.54, 1.807) is 30.3 Å². The number of ether oxygens (including phenoxy) is 1. The number of nitrogens with zero attached hydrogens (tertiary/aromatic N) is 4. The molecule has 2 aromatic heterocycles. The maximum Gasteiger partial charge on any atom is 0.280 e. The van der Waals surface area contributed by atoms with Crippen LogP contribution in [0.1, 0.15) is 16.1 Å². The number of methoxy groups -OCH3 is 1. The number of hydrogen-bond acceptors (Lipinski definition) is 6. The second kappa shape index (κ2) is 9.54. The molecule has 0 amide bonds. The Morgan fingerprint density at radius 1 is 0.784 bits per heavy atom. The zero-order chi connectivity index (χ0) is 25.2. The zero-order valence-corrected chi connectivity index (χ0v) is 20.1. The van der Waals surface area contributed by atoms with Gasteiger partial charge in [-0.3, -0.25) is 4.79 Å². The fourth-order valence-electron chi connectivity index (χ4n) is 4.64. The van der Waals surface area contributed by atoms with E-state index in [0.717, 1.165) is 33.6 Å². The van der Waals surface area contributed by atoms with E-state index in [2.05, 4.69) is 15.3 Å². The van der Waals surface area contributed by atoms with Crippen molar-refractivity contribution in [3.63, 3.8) is 0 Å². The summed E-state index contributed by atoms with van der Waals surface area (Å²) in [6.07, 6.45) is 3.77. The normalized spacial score (nSPS) is 12.8. The minimum absolute atomic E-state index is 0.218. The average molecular weight is 486 g/mol. The second-order valence-electron chi connectivity index (χ2n) is 8.58. The Balaban J connectivity index is 1.56. The van der Waals surface area contributed by atoms with E-state index < -0.39 is 0 Å². The third-order valence-corrected chi connectivity index (χ3v) is 6.35. The van der Waals surface area contributed by atoms with Crippen LogP contribution in [0.2, 0.25) is 0 Å². The molecule has 3 aromatic carbocycles. The van der Waals surface area contributed by atoms with E-state index in [0.29, 0.717) is 29.4 Å². The topological polar surface area (TPSA) is 81.9 Å². The standard InChI is InChI=1S/C30H23N5O2/c1-37-23-15-13-21(14-16-23)26-24(33-30-31-17-8-18-32-30)19-25-27(20-9-4-2-5-10-20)28(34-35(25)29(26)36)22-11-6-3-7-12-22/h2-18H,19H2,1H3,(H,31,32,33). The number of carbonyl (C=O) groups excluding carboxylic acids is 1. The van der Waals surface area contributed by atoms with Crippen molar-refractivity contribution in [3.05, 3.63) is 120 Å². The molecular formula is C30H23N5O2. The molecule has 5 aromatic rings. The van der Waals surface area contributed by atoms with E-state index >= 15 is 0 Å². The van der Waals surface area contributed by atoms with Crippen LogP contribution in [0.25, 0.3) is 28.0 Å². The SMILES string of the molecule is COc1ccc(C2=C(Nc3ncccn3)Cc3c(-c4ccccc4)c(-c4ccccc4)nn3C2=O)cc1. The summed E-state index contributed by atoms with van der Waals surface area (Å²) in [6, 6.07) is 29.2. The predicted octanol–water partition coefficient (Wildman–Crippen LogP) is 5.74. The fourth-order valence-corrected chi connectivity index (χ4v) is 4.64. The molecule has 1 aliphatic heterocycles. The van der Waals surface area contributed by atoms with Gasteiger partial charge < -0.3 is 10.1 Å². The molecule has 3 heterocycles. The van der Waals surface area contributed by atoms with Crippen molar-refractivity contribution in [2.24, 2.45) is 0 Å². The van der Waals surface area contributed by atoms with Gasteiger partial charge in [-0.15, -0.1) is 0 Å². The van der Waals surface area contributed by atoms with E-state index in [9.17, 15) is 4.79 Å². The van der Waals surface area contributed by atoms with Crippen LogP contribution in [0.4, 0.5) is 5.95 Å². The molecule has 0 bridgehead atoms. The lowest BCUT2D eigenvalue weighted by molar-refractivity contribution is 0.0958. The Kier molecular flexibility index (Phi) is 5.78. The fraction of sp³-hybridized carbons (Fsp3) is 0.0667. The predicted molar refractivity (Wildman–Crippen MR) is 143 cm³/mol. The highest BCUT2D eigenvalue weighted by Crippen LogP contribution is 2.40. The average Bonchev–Trinajstić information content (AvgIpc) is 3.35.